The predicted molar refractivity (Wildman–Crippen MR) is 69.4 cm³/mol. The lowest BCUT2D eigenvalue weighted by Crippen LogP contribution is -2.32. The van der Waals surface area contributed by atoms with Crippen LogP contribution in [0.4, 0.5) is 0 Å². The summed E-state index contributed by atoms with van der Waals surface area (Å²) in [7, 11) is 0. The van der Waals surface area contributed by atoms with Gasteiger partial charge in [0.2, 0.25) is 0 Å². The van der Waals surface area contributed by atoms with Crippen molar-refractivity contribution >= 4 is 0 Å². The Morgan fingerprint density at radius 2 is 2.24 bits per heavy atom. The Morgan fingerprint density at radius 1 is 1.35 bits per heavy atom. The minimum atomic E-state index is 0.000124. The van der Waals surface area contributed by atoms with Crippen molar-refractivity contribution in [3.05, 3.63) is 29.3 Å². The van der Waals surface area contributed by atoms with Crippen molar-refractivity contribution < 1.29 is 4.74 Å². The van der Waals surface area contributed by atoms with Gasteiger partial charge in [0.25, 0.3) is 0 Å². The summed E-state index contributed by atoms with van der Waals surface area (Å²) in [6, 6.07) is 7.29. The summed E-state index contributed by atoms with van der Waals surface area (Å²) in [6.45, 7) is 5.50. The molecule has 1 atom stereocenters. The van der Waals surface area contributed by atoms with Gasteiger partial charge in [0, 0.05) is 6.04 Å². The zero-order chi connectivity index (χ0) is 11.9. The smallest absolute Gasteiger partial charge is 0.123 e. The van der Waals surface area contributed by atoms with E-state index in [1.165, 1.54) is 24.0 Å². The number of hydrogen-bond acceptors (Lipinski definition) is 2. The molecule has 1 unspecified atom stereocenters. The summed E-state index contributed by atoms with van der Waals surface area (Å²) in [4.78, 5) is 0. The van der Waals surface area contributed by atoms with Gasteiger partial charge in [-0.2, -0.15) is 0 Å². The van der Waals surface area contributed by atoms with Crippen molar-refractivity contribution in [1.29, 1.82) is 0 Å². The molecule has 3 rings (SSSR count). The second-order valence-corrected chi connectivity index (χ2v) is 5.88. The highest BCUT2D eigenvalue weighted by atomic mass is 16.5. The second kappa shape index (κ2) is 4.02. The average Bonchev–Trinajstić information content (AvgIpc) is 2.81. The number of fused-ring (bicyclic) bond motifs is 1. The minimum absolute atomic E-state index is 0.000124. The first-order chi connectivity index (χ1) is 8.14. The summed E-state index contributed by atoms with van der Waals surface area (Å²) in [5.41, 5.74) is 2.82. The van der Waals surface area contributed by atoms with Crippen molar-refractivity contribution in [1.82, 2.24) is 5.32 Å². The molecule has 92 valence electrons. The van der Waals surface area contributed by atoms with Crippen LogP contribution in [0, 0.1) is 0 Å². The van der Waals surface area contributed by atoms with Gasteiger partial charge in [-0.25, -0.2) is 0 Å². The Hall–Kier alpha value is -1.02. The number of nitrogens with one attached hydrogen (secondary N) is 1. The average molecular weight is 231 g/mol. The fraction of sp³-hybridized carbons (Fsp3) is 0.600. The van der Waals surface area contributed by atoms with Crippen LogP contribution in [0.2, 0.25) is 0 Å². The molecule has 0 spiro atoms. The van der Waals surface area contributed by atoms with Gasteiger partial charge in [0.1, 0.15) is 11.4 Å². The van der Waals surface area contributed by atoms with Crippen molar-refractivity contribution in [2.45, 2.75) is 51.2 Å². The van der Waals surface area contributed by atoms with Gasteiger partial charge in [-0.1, -0.05) is 12.1 Å². The van der Waals surface area contributed by atoms with Gasteiger partial charge in [0.05, 0.1) is 0 Å². The molecule has 2 heteroatoms. The van der Waals surface area contributed by atoms with E-state index < -0.39 is 0 Å². The minimum Gasteiger partial charge on any atom is -0.488 e. The van der Waals surface area contributed by atoms with Crippen molar-refractivity contribution in [3.63, 3.8) is 0 Å². The maximum Gasteiger partial charge on any atom is 0.123 e. The Balaban J connectivity index is 1.87. The predicted octanol–water partition coefficient (Wildman–Crippen LogP) is 3.21. The second-order valence-electron chi connectivity index (χ2n) is 5.88. The zero-order valence-corrected chi connectivity index (χ0v) is 10.8. The van der Waals surface area contributed by atoms with E-state index in [0.717, 1.165) is 25.1 Å². The first-order valence-corrected chi connectivity index (χ1v) is 6.69. The molecule has 17 heavy (non-hydrogen) atoms. The Labute approximate surface area is 103 Å². The molecular weight excluding hydrogens is 210 g/mol. The summed E-state index contributed by atoms with van der Waals surface area (Å²) < 4.78 is 6.02. The van der Waals surface area contributed by atoms with Gasteiger partial charge in [0.15, 0.2) is 0 Å². The van der Waals surface area contributed by atoms with E-state index in [1.807, 2.05) is 0 Å². The molecule has 1 saturated heterocycles. The molecule has 0 aliphatic carbocycles. The molecule has 1 N–H and O–H groups in total. The third-order valence-corrected chi connectivity index (χ3v) is 3.93. The third-order valence-electron chi connectivity index (χ3n) is 3.93. The normalized spacial score (nSPS) is 26.4. The van der Waals surface area contributed by atoms with Crippen LogP contribution in [0.15, 0.2) is 18.2 Å². The van der Waals surface area contributed by atoms with Crippen LogP contribution in [0.5, 0.6) is 5.75 Å². The van der Waals surface area contributed by atoms with Crippen molar-refractivity contribution in [2.24, 2.45) is 0 Å². The molecule has 0 radical (unpaired) electrons. The Morgan fingerprint density at radius 3 is 3.00 bits per heavy atom. The van der Waals surface area contributed by atoms with Crippen LogP contribution >= 0.6 is 0 Å². The topological polar surface area (TPSA) is 21.3 Å². The highest BCUT2D eigenvalue weighted by Crippen LogP contribution is 2.35. The molecule has 2 aliphatic rings. The van der Waals surface area contributed by atoms with E-state index in [1.54, 1.807) is 0 Å². The first kappa shape index (κ1) is 11.1. The first-order valence-electron chi connectivity index (χ1n) is 6.69. The summed E-state index contributed by atoms with van der Waals surface area (Å²) in [5.74, 6) is 1.09. The SMILES string of the molecule is CC1(C)CCc2cc(C3CCCN3)ccc2O1. The Kier molecular flexibility index (Phi) is 2.62. The van der Waals surface area contributed by atoms with Crippen LogP contribution < -0.4 is 10.1 Å². The fourth-order valence-corrected chi connectivity index (χ4v) is 2.86. The van der Waals surface area contributed by atoms with E-state index in [-0.39, 0.29) is 5.60 Å². The highest BCUT2D eigenvalue weighted by molar-refractivity contribution is 5.40. The van der Waals surface area contributed by atoms with E-state index in [0.29, 0.717) is 6.04 Å². The van der Waals surface area contributed by atoms with E-state index in [9.17, 15) is 0 Å². The van der Waals surface area contributed by atoms with Crippen LogP contribution in [0.3, 0.4) is 0 Å². The van der Waals surface area contributed by atoms with Crippen LogP contribution in [-0.4, -0.2) is 12.1 Å². The molecule has 0 bridgehead atoms. The Bertz CT molecular complexity index is 419. The van der Waals surface area contributed by atoms with E-state index in [4.69, 9.17) is 4.74 Å². The van der Waals surface area contributed by atoms with Crippen LogP contribution in [0.25, 0.3) is 0 Å². The number of ether oxygens (including phenoxy) is 1. The molecule has 2 heterocycles. The van der Waals surface area contributed by atoms with Crippen molar-refractivity contribution in [2.75, 3.05) is 6.54 Å². The zero-order valence-electron chi connectivity index (χ0n) is 10.8. The molecule has 0 aromatic heterocycles. The number of rotatable bonds is 1. The largest absolute Gasteiger partial charge is 0.488 e. The molecule has 1 aromatic carbocycles. The molecule has 1 aromatic rings. The highest BCUT2D eigenvalue weighted by Gasteiger charge is 2.27. The monoisotopic (exact) mass is 231 g/mol. The van der Waals surface area contributed by atoms with Crippen LogP contribution in [-0.2, 0) is 6.42 Å². The van der Waals surface area contributed by atoms with Crippen molar-refractivity contribution in [3.8, 4) is 5.75 Å². The van der Waals surface area contributed by atoms with E-state index >= 15 is 0 Å². The number of hydrogen-bond donors (Lipinski definition) is 1. The van der Waals surface area contributed by atoms with Crippen LogP contribution in [0.1, 0.15) is 50.3 Å². The van der Waals surface area contributed by atoms with Gasteiger partial charge in [-0.05, 0) is 63.3 Å². The number of benzene rings is 1. The maximum atomic E-state index is 6.02. The summed E-state index contributed by atoms with van der Waals surface area (Å²) in [6.07, 6.45) is 4.82. The molecule has 0 amide bonds. The quantitative estimate of drug-likeness (QED) is 0.801. The molecule has 2 aliphatic heterocycles. The van der Waals surface area contributed by atoms with E-state index in [2.05, 4.69) is 37.4 Å². The van der Waals surface area contributed by atoms with Gasteiger partial charge in [-0.15, -0.1) is 0 Å². The summed E-state index contributed by atoms with van der Waals surface area (Å²) in [5, 5.41) is 3.56. The lowest BCUT2D eigenvalue weighted by atomic mass is 9.92. The maximum absolute atomic E-state index is 6.02. The van der Waals surface area contributed by atoms with Gasteiger partial charge in [-0.3, -0.25) is 0 Å². The lowest BCUT2D eigenvalue weighted by Gasteiger charge is -2.33. The number of aryl methyl sites for hydroxylation is 1. The molecular formula is C15H21NO. The molecule has 1 fully saturated rings. The van der Waals surface area contributed by atoms with Gasteiger partial charge >= 0.3 is 0 Å². The third kappa shape index (κ3) is 2.19. The molecule has 2 nitrogen and oxygen atoms in total. The van der Waals surface area contributed by atoms with Gasteiger partial charge < -0.3 is 10.1 Å². The summed E-state index contributed by atoms with van der Waals surface area (Å²) >= 11 is 0. The lowest BCUT2D eigenvalue weighted by molar-refractivity contribution is 0.0846. The standard InChI is InChI=1S/C15H21NO/c1-15(2)8-7-12-10-11(5-6-14(12)17-15)13-4-3-9-16-13/h5-6,10,13,16H,3-4,7-9H2,1-2H3. The fourth-order valence-electron chi connectivity index (χ4n) is 2.86. The molecule has 0 saturated carbocycles.